The number of aliphatic hydroxyl groups is 1. The van der Waals surface area contributed by atoms with Crippen LogP contribution in [0.5, 0.6) is 5.75 Å². The van der Waals surface area contributed by atoms with Gasteiger partial charge in [0.05, 0.1) is 30.0 Å². The summed E-state index contributed by atoms with van der Waals surface area (Å²) in [5, 5.41) is 20.7. The summed E-state index contributed by atoms with van der Waals surface area (Å²) in [5.41, 5.74) is 1.35. The Morgan fingerprint density at radius 1 is 1.64 bits per heavy atom. The summed E-state index contributed by atoms with van der Waals surface area (Å²) in [4.78, 5) is 0. The molecular formula is C10H10N2O2. The summed E-state index contributed by atoms with van der Waals surface area (Å²) in [6, 6.07) is 7.15. The molecular weight excluding hydrogens is 180 g/mol. The van der Waals surface area contributed by atoms with Crippen LogP contribution in [0.4, 0.5) is 5.69 Å². The fraction of sp³-hybridized carbons (Fsp3) is 0.300. The number of aliphatic hydroxyl groups excluding tert-OH is 1. The predicted octanol–water partition coefficient (Wildman–Crippen LogP) is 0.723. The number of ether oxygens (including phenoxy) is 1. The summed E-state index contributed by atoms with van der Waals surface area (Å²) >= 11 is 0. The number of hydrogen-bond acceptors (Lipinski definition) is 4. The van der Waals surface area contributed by atoms with Gasteiger partial charge < -0.3 is 15.2 Å². The lowest BCUT2D eigenvalue weighted by molar-refractivity contribution is 0.207. The highest BCUT2D eigenvalue weighted by Gasteiger charge is 2.17. The largest absolute Gasteiger partial charge is 0.489 e. The summed E-state index contributed by atoms with van der Waals surface area (Å²) in [7, 11) is 0. The second-order valence-electron chi connectivity index (χ2n) is 3.16. The van der Waals surface area contributed by atoms with E-state index in [1.807, 2.05) is 0 Å². The van der Waals surface area contributed by atoms with E-state index in [0.29, 0.717) is 12.2 Å². The molecule has 1 aromatic carbocycles. The molecule has 4 nitrogen and oxygen atoms in total. The third-order valence-electron chi connectivity index (χ3n) is 2.13. The molecule has 0 radical (unpaired) electrons. The molecule has 0 aromatic heterocycles. The number of hydrogen-bond donors (Lipinski definition) is 2. The van der Waals surface area contributed by atoms with Gasteiger partial charge >= 0.3 is 0 Å². The molecule has 4 heteroatoms. The fourth-order valence-electron chi connectivity index (χ4n) is 1.39. The van der Waals surface area contributed by atoms with E-state index in [2.05, 4.69) is 11.4 Å². The van der Waals surface area contributed by atoms with Crippen molar-refractivity contribution in [2.75, 3.05) is 18.5 Å². The molecule has 0 saturated heterocycles. The number of rotatable bonds is 1. The number of anilines is 1. The topological polar surface area (TPSA) is 65.3 Å². The summed E-state index contributed by atoms with van der Waals surface area (Å²) < 4.78 is 5.39. The molecule has 0 spiro atoms. The SMILES string of the molecule is N#Cc1ccc2c(c1)NC(CO)CO2. The molecule has 0 amide bonds. The van der Waals surface area contributed by atoms with Gasteiger partial charge in [0.25, 0.3) is 0 Å². The highest BCUT2D eigenvalue weighted by Crippen LogP contribution is 2.29. The van der Waals surface area contributed by atoms with Crippen LogP contribution in [-0.4, -0.2) is 24.4 Å². The highest BCUT2D eigenvalue weighted by molar-refractivity contribution is 5.61. The third-order valence-corrected chi connectivity index (χ3v) is 2.13. The lowest BCUT2D eigenvalue weighted by Gasteiger charge is -2.25. The molecule has 2 rings (SSSR count). The summed E-state index contributed by atoms with van der Waals surface area (Å²) in [5.74, 6) is 0.730. The quantitative estimate of drug-likeness (QED) is 0.685. The van der Waals surface area contributed by atoms with Crippen LogP contribution >= 0.6 is 0 Å². The van der Waals surface area contributed by atoms with Crippen molar-refractivity contribution < 1.29 is 9.84 Å². The van der Waals surface area contributed by atoms with Gasteiger partial charge in [-0.25, -0.2) is 0 Å². The van der Waals surface area contributed by atoms with E-state index in [1.54, 1.807) is 18.2 Å². The van der Waals surface area contributed by atoms with Crippen molar-refractivity contribution in [1.29, 1.82) is 5.26 Å². The molecule has 0 fully saturated rings. The Kier molecular flexibility index (Phi) is 2.25. The average Bonchev–Trinajstić information content (AvgIpc) is 2.27. The monoisotopic (exact) mass is 190 g/mol. The second-order valence-corrected chi connectivity index (χ2v) is 3.16. The van der Waals surface area contributed by atoms with E-state index in [4.69, 9.17) is 15.1 Å². The minimum atomic E-state index is -0.0866. The van der Waals surface area contributed by atoms with Crippen LogP contribution in [0.25, 0.3) is 0 Å². The van der Waals surface area contributed by atoms with E-state index < -0.39 is 0 Å². The minimum absolute atomic E-state index is 0.0240. The Labute approximate surface area is 81.7 Å². The van der Waals surface area contributed by atoms with E-state index in [-0.39, 0.29) is 12.6 Å². The summed E-state index contributed by atoms with van der Waals surface area (Å²) in [6.07, 6.45) is 0. The Morgan fingerprint density at radius 3 is 3.21 bits per heavy atom. The zero-order chi connectivity index (χ0) is 9.97. The molecule has 1 aromatic rings. The normalized spacial score (nSPS) is 18.7. The van der Waals surface area contributed by atoms with E-state index in [0.717, 1.165) is 11.4 Å². The zero-order valence-electron chi connectivity index (χ0n) is 7.53. The van der Waals surface area contributed by atoms with E-state index in [9.17, 15) is 0 Å². The van der Waals surface area contributed by atoms with Crippen LogP contribution in [0.3, 0.4) is 0 Å². The molecule has 1 unspecified atom stereocenters. The number of nitrogens with zero attached hydrogens (tertiary/aromatic N) is 1. The lowest BCUT2D eigenvalue weighted by atomic mass is 10.1. The maximum atomic E-state index is 8.94. The van der Waals surface area contributed by atoms with Gasteiger partial charge in [-0.3, -0.25) is 0 Å². The molecule has 72 valence electrons. The number of benzene rings is 1. The first-order valence-corrected chi connectivity index (χ1v) is 4.38. The smallest absolute Gasteiger partial charge is 0.142 e. The van der Waals surface area contributed by atoms with Crippen LogP contribution in [-0.2, 0) is 0 Å². The van der Waals surface area contributed by atoms with Crippen molar-refractivity contribution in [3.8, 4) is 11.8 Å². The van der Waals surface area contributed by atoms with E-state index in [1.165, 1.54) is 0 Å². The van der Waals surface area contributed by atoms with Crippen LogP contribution in [0.15, 0.2) is 18.2 Å². The molecule has 1 heterocycles. The molecule has 0 bridgehead atoms. The molecule has 1 aliphatic heterocycles. The van der Waals surface area contributed by atoms with Gasteiger partial charge in [0.2, 0.25) is 0 Å². The average molecular weight is 190 g/mol. The van der Waals surface area contributed by atoms with Gasteiger partial charge in [0.1, 0.15) is 12.4 Å². The second kappa shape index (κ2) is 3.56. The molecule has 0 saturated carbocycles. The first-order chi connectivity index (χ1) is 6.83. The number of nitrogens with one attached hydrogen (secondary N) is 1. The first kappa shape index (κ1) is 8.85. The summed E-state index contributed by atoms with van der Waals surface area (Å²) in [6.45, 7) is 0.478. The van der Waals surface area contributed by atoms with Crippen molar-refractivity contribution in [3.63, 3.8) is 0 Å². The van der Waals surface area contributed by atoms with Gasteiger partial charge in [-0.1, -0.05) is 0 Å². The van der Waals surface area contributed by atoms with Crippen LogP contribution < -0.4 is 10.1 Å². The van der Waals surface area contributed by atoms with Crippen molar-refractivity contribution >= 4 is 5.69 Å². The highest BCUT2D eigenvalue weighted by atomic mass is 16.5. The third kappa shape index (κ3) is 1.50. The molecule has 2 N–H and O–H groups in total. The molecule has 1 atom stereocenters. The minimum Gasteiger partial charge on any atom is -0.489 e. The predicted molar refractivity (Wildman–Crippen MR) is 51.1 cm³/mol. The van der Waals surface area contributed by atoms with Gasteiger partial charge in [-0.2, -0.15) is 5.26 Å². The van der Waals surface area contributed by atoms with Crippen LogP contribution in [0.1, 0.15) is 5.56 Å². The first-order valence-electron chi connectivity index (χ1n) is 4.38. The molecule has 14 heavy (non-hydrogen) atoms. The van der Waals surface area contributed by atoms with Crippen molar-refractivity contribution in [2.45, 2.75) is 6.04 Å². The van der Waals surface area contributed by atoms with Crippen molar-refractivity contribution in [3.05, 3.63) is 23.8 Å². The Hall–Kier alpha value is -1.73. The number of nitriles is 1. The van der Waals surface area contributed by atoms with Gasteiger partial charge in [-0.15, -0.1) is 0 Å². The standard InChI is InChI=1S/C10H10N2O2/c11-4-7-1-2-10-9(3-7)12-8(5-13)6-14-10/h1-3,8,12-13H,5-6H2. The molecule has 0 aliphatic carbocycles. The maximum absolute atomic E-state index is 8.94. The lowest BCUT2D eigenvalue weighted by Crippen LogP contribution is -2.34. The zero-order valence-corrected chi connectivity index (χ0v) is 7.53. The number of fused-ring (bicyclic) bond motifs is 1. The van der Waals surface area contributed by atoms with Gasteiger partial charge in [-0.05, 0) is 18.2 Å². The van der Waals surface area contributed by atoms with Crippen LogP contribution in [0.2, 0.25) is 0 Å². The Balaban J connectivity index is 2.31. The fourth-order valence-corrected chi connectivity index (χ4v) is 1.39. The van der Waals surface area contributed by atoms with Gasteiger partial charge in [0, 0.05) is 0 Å². The van der Waals surface area contributed by atoms with Crippen molar-refractivity contribution in [2.24, 2.45) is 0 Å². The molecule has 1 aliphatic rings. The van der Waals surface area contributed by atoms with Crippen LogP contribution in [0, 0.1) is 11.3 Å². The van der Waals surface area contributed by atoms with E-state index >= 15 is 0 Å². The maximum Gasteiger partial charge on any atom is 0.142 e. The van der Waals surface area contributed by atoms with Gasteiger partial charge in [0.15, 0.2) is 0 Å². The van der Waals surface area contributed by atoms with Crippen molar-refractivity contribution in [1.82, 2.24) is 0 Å². The Morgan fingerprint density at radius 2 is 2.50 bits per heavy atom. The Bertz CT molecular complexity index is 384.